The summed E-state index contributed by atoms with van der Waals surface area (Å²) in [6.45, 7) is 5.50. The maximum Gasteiger partial charge on any atom is 0.503 e. The molecule has 0 spiro atoms. The fraction of sp³-hybridized carbons (Fsp3) is 0.500. The third-order valence-electron chi connectivity index (χ3n) is 0. The Hall–Kier alpha value is -0.730. The molecule has 0 aromatic heterocycles. The summed E-state index contributed by atoms with van der Waals surface area (Å²) in [5.41, 5.74) is 0. The normalized spacial score (nSPS) is 6.00. The van der Waals surface area contributed by atoms with Crippen molar-refractivity contribution in [3.05, 3.63) is 6.92 Å². The quantitative estimate of drug-likeness (QED) is 0.490. The van der Waals surface area contributed by atoms with Crippen molar-refractivity contribution in [2.45, 2.75) is 13.3 Å². The first kappa shape index (κ1) is 9.55. The van der Waals surface area contributed by atoms with Gasteiger partial charge in [0.05, 0.1) is 0 Å². The van der Waals surface area contributed by atoms with Crippen molar-refractivity contribution in [1.82, 2.24) is 0 Å². The Morgan fingerprint density at radius 2 is 1.71 bits per heavy atom. The van der Waals surface area contributed by atoms with Crippen LogP contribution < -0.4 is 0 Å². The van der Waals surface area contributed by atoms with E-state index in [1.165, 1.54) is 0 Å². The number of rotatable bonds is 0. The predicted molar refractivity (Wildman–Crippen MR) is 26.3 cm³/mol. The molecule has 0 unspecified atom stereocenters. The molecule has 0 heterocycles. The van der Waals surface area contributed by atoms with Gasteiger partial charge in [0.25, 0.3) is 0 Å². The molecule has 0 saturated heterocycles. The average Bonchev–Trinajstić information content (AvgIpc) is 1.33. The molecule has 0 bridgehead atoms. The SMILES string of the molecule is O=C(O)O.[CH2]CC. The standard InChI is InChI=1S/C3H7.CH2O3/c1-3-2;2-1(3)4/h1,3H2,2H3;(H2,2,3,4). The van der Waals surface area contributed by atoms with Gasteiger partial charge in [-0.15, -0.1) is 0 Å². The molecule has 0 rings (SSSR count). The van der Waals surface area contributed by atoms with E-state index >= 15 is 0 Å². The van der Waals surface area contributed by atoms with Crippen molar-refractivity contribution in [2.24, 2.45) is 0 Å². The summed E-state index contributed by atoms with van der Waals surface area (Å²) in [5, 5.41) is 13.9. The van der Waals surface area contributed by atoms with Gasteiger partial charge >= 0.3 is 6.16 Å². The van der Waals surface area contributed by atoms with Crippen LogP contribution in [0.5, 0.6) is 0 Å². The van der Waals surface area contributed by atoms with Gasteiger partial charge in [-0.3, -0.25) is 0 Å². The molecule has 0 aromatic rings. The third-order valence-corrected chi connectivity index (χ3v) is 0. The smallest absolute Gasteiger partial charge is 0.450 e. The van der Waals surface area contributed by atoms with Crippen molar-refractivity contribution < 1.29 is 15.0 Å². The highest BCUT2D eigenvalue weighted by atomic mass is 16.6. The largest absolute Gasteiger partial charge is 0.503 e. The van der Waals surface area contributed by atoms with Gasteiger partial charge in [-0.2, -0.15) is 0 Å². The zero-order valence-corrected chi connectivity index (χ0v) is 4.22. The Morgan fingerprint density at radius 3 is 1.71 bits per heavy atom. The molecule has 43 valence electrons. The molecule has 0 aliphatic rings. The maximum atomic E-state index is 8.56. The van der Waals surface area contributed by atoms with Crippen LogP contribution in [0.25, 0.3) is 0 Å². The summed E-state index contributed by atoms with van der Waals surface area (Å²) in [7, 11) is 0. The zero-order chi connectivity index (χ0) is 6.28. The minimum Gasteiger partial charge on any atom is -0.450 e. The molecular formula is C4H9O3. The molecule has 0 aliphatic heterocycles. The summed E-state index contributed by atoms with van der Waals surface area (Å²) in [4.78, 5) is 8.56. The topological polar surface area (TPSA) is 57.5 Å². The Bertz CT molecular complexity index is 38.2. The lowest BCUT2D eigenvalue weighted by atomic mass is 10.6. The first-order valence-corrected chi connectivity index (χ1v) is 1.86. The molecule has 0 fully saturated rings. The summed E-state index contributed by atoms with van der Waals surface area (Å²) < 4.78 is 0. The lowest BCUT2D eigenvalue weighted by molar-refractivity contribution is 0.137. The van der Waals surface area contributed by atoms with Gasteiger partial charge in [0.1, 0.15) is 0 Å². The van der Waals surface area contributed by atoms with Gasteiger partial charge in [-0.25, -0.2) is 4.79 Å². The van der Waals surface area contributed by atoms with Crippen molar-refractivity contribution in [2.75, 3.05) is 0 Å². The minimum atomic E-state index is -1.83. The second-order valence-corrected chi connectivity index (χ2v) is 0.783. The molecule has 0 aromatic carbocycles. The number of hydrogen-bond acceptors (Lipinski definition) is 1. The molecule has 0 saturated carbocycles. The Kier molecular flexibility index (Phi) is 12.3. The molecule has 0 aliphatic carbocycles. The van der Waals surface area contributed by atoms with Crippen LogP contribution in [0.4, 0.5) is 4.79 Å². The molecule has 2 N–H and O–H groups in total. The molecule has 0 amide bonds. The monoisotopic (exact) mass is 105 g/mol. The van der Waals surface area contributed by atoms with Gasteiger partial charge < -0.3 is 10.2 Å². The van der Waals surface area contributed by atoms with E-state index in [0.717, 1.165) is 6.42 Å². The molecule has 1 radical (unpaired) electrons. The van der Waals surface area contributed by atoms with E-state index in [2.05, 4.69) is 6.92 Å². The third kappa shape index (κ3) is 106. The van der Waals surface area contributed by atoms with Gasteiger partial charge in [0.15, 0.2) is 0 Å². The molecule has 3 nitrogen and oxygen atoms in total. The zero-order valence-electron chi connectivity index (χ0n) is 4.22. The highest BCUT2D eigenvalue weighted by Gasteiger charge is 1.70. The molecule has 0 atom stereocenters. The van der Waals surface area contributed by atoms with E-state index in [0.29, 0.717) is 0 Å². The van der Waals surface area contributed by atoms with Crippen LogP contribution in [-0.2, 0) is 0 Å². The van der Waals surface area contributed by atoms with E-state index in [9.17, 15) is 0 Å². The van der Waals surface area contributed by atoms with Crippen LogP contribution in [0.3, 0.4) is 0 Å². The lowest BCUT2D eigenvalue weighted by Crippen LogP contribution is -1.81. The minimum absolute atomic E-state index is 1.00. The van der Waals surface area contributed by atoms with Crippen molar-refractivity contribution >= 4 is 6.16 Å². The highest BCUT2D eigenvalue weighted by Crippen LogP contribution is 1.54. The lowest BCUT2D eigenvalue weighted by Gasteiger charge is -1.60. The van der Waals surface area contributed by atoms with Crippen LogP contribution in [0.15, 0.2) is 0 Å². The average molecular weight is 105 g/mol. The number of carbonyl (C=O) groups is 1. The fourth-order valence-electron chi connectivity index (χ4n) is 0. The molecule has 3 heteroatoms. The van der Waals surface area contributed by atoms with Crippen LogP contribution in [-0.4, -0.2) is 16.4 Å². The Morgan fingerprint density at radius 1 is 1.71 bits per heavy atom. The Labute approximate surface area is 42.6 Å². The molecular weight excluding hydrogens is 96.0 g/mol. The van der Waals surface area contributed by atoms with E-state index in [1.54, 1.807) is 0 Å². The van der Waals surface area contributed by atoms with Crippen LogP contribution in [0.2, 0.25) is 0 Å². The van der Waals surface area contributed by atoms with Gasteiger partial charge in [0, 0.05) is 0 Å². The summed E-state index contributed by atoms with van der Waals surface area (Å²) in [6.07, 6.45) is -0.833. The fourth-order valence-corrected chi connectivity index (χ4v) is 0. The van der Waals surface area contributed by atoms with Gasteiger partial charge in [-0.05, 0) is 0 Å². The predicted octanol–water partition coefficient (Wildman–Crippen LogP) is 1.45. The first-order chi connectivity index (χ1) is 3.15. The maximum absolute atomic E-state index is 8.56. The van der Waals surface area contributed by atoms with Crippen molar-refractivity contribution in [3.63, 3.8) is 0 Å². The van der Waals surface area contributed by atoms with E-state index in [-0.39, 0.29) is 0 Å². The van der Waals surface area contributed by atoms with Crippen LogP contribution in [0.1, 0.15) is 13.3 Å². The number of carboxylic acid groups (broad SMARTS) is 2. The second kappa shape index (κ2) is 8.99. The number of hydrogen-bond donors (Lipinski definition) is 2. The van der Waals surface area contributed by atoms with Crippen LogP contribution in [0, 0.1) is 6.92 Å². The van der Waals surface area contributed by atoms with E-state index in [4.69, 9.17) is 15.0 Å². The van der Waals surface area contributed by atoms with Gasteiger partial charge in [0.2, 0.25) is 0 Å². The second-order valence-electron chi connectivity index (χ2n) is 0.783. The Balaban J connectivity index is 0. The highest BCUT2D eigenvalue weighted by molar-refractivity contribution is 5.53. The van der Waals surface area contributed by atoms with Gasteiger partial charge in [-0.1, -0.05) is 20.3 Å². The summed E-state index contributed by atoms with van der Waals surface area (Å²) in [6, 6.07) is 0. The summed E-state index contributed by atoms with van der Waals surface area (Å²) >= 11 is 0. The first-order valence-electron chi connectivity index (χ1n) is 1.86. The van der Waals surface area contributed by atoms with Crippen molar-refractivity contribution in [1.29, 1.82) is 0 Å². The van der Waals surface area contributed by atoms with Crippen molar-refractivity contribution in [3.8, 4) is 0 Å². The van der Waals surface area contributed by atoms with E-state index < -0.39 is 6.16 Å². The summed E-state index contributed by atoms with van der Waals surface area (Å²) in [5.74, 6) is 0. The molecule has 7 heavy (non-hydrogen) atoms. The van der Waals surface area contributed by atoms with Crippen LogP contribution >= 0.6 is 0 Å². The van der Waals surface area contributed by atoms with E-state index in [1.807, 2.05) is 6.92 Å².